The lowest BCUT2D eigenvalue weighted by molar-refractivity contribution is 0.183. The molecule has 1 aliphatic rings. The molecule has 1 fully saturated rings. The molecule has 26 heavy (non-hydrogen) atoms. The third kappa shape index (κ3) is 2.94. The van der Waals surface area contributed by atoms with Crippen LogP contribution in [0.3, 0.4) is 0 Å². The summed E-state index contributed by atoms with van der Waals surface area (Å²) in [6, 6.07) is 22.0. The van der Waals surface area contributed by atoms with Crippen molar-refractivity contribution in [2.24, 2.45) is 5.41 Å². The number of benzene rings is 2. The number of hydrogen-bond acceptors (Lipinski definition) is 0. The van der Waals surface area contributed by atoms with Gasteiger partial charge in [0.1, 0.15) is 0 Å². The van der Waals surface area contributed by atoms with Gasteiger partial charge in [0.05, 0.1) is 0 Å². The first-order valence-corrected chi connectivity index (χ1v) is 9.93. The van der Waals surface area contributed by atoms with Crippen molar-refractivity contribution in [1.82, 2.24) is 9.97 Å². The maximum atomic E-state index is 3.67. The first-order chi connectivity index (χ1) is 12.8. The molecule has 132 valence electrons. The molecule has 2 nitrogen and oxygen atoms in total. The average Bonchev–Trinajstić information content (AvgIpc) is 3.24. The minimum atomic E-state index is 0.375. The van der Waals surface area contributed by atoms with Gasteiger partial charge >= 0.3 is 0 Å². The highest BCUT2D eigenvalue weighted by Crippen LogP contribution is 2.42. The molecule has 2 N–H and O–H groups in total. The summed E-state index contributed by atoms with van der Waals surface area (Å²) in [4.78, 5) is 7.34. The van der Waals surface area contributed by atoms with Gasteiger partial charge in [0.2, 0.25) is 0 Å². The van der Waals surface area contributed by atoms with Crippen LogP contribution in [0.5, 0.6) is 0 Å². The molecular weight excluding hydrogens is 316 g/mol. The number of fused-ring (bicyclic) bond motifs is 2. The van der Waals surface area contributed by atoms with Crippen molar-refractivity contribution < 1.29 is 0 Å². The van der Waals surface area contributed by atoms with Crippen LogP contribution < -0.4 is 0 Å². The van der Waals surface area contributed by atoms with Gasteiger partial charge in [-0.25, -0.2) is 0 Å². The van der Waals surface area contributed by atoms with E-state index in [1.165, 1.54) is 65.3 Å². The monoisotopic (exact) mass is 342 g/mol. The zero-order valence-corrected chi connectivity index (χ0v) is 15.2. The van der Waals surface area contributed by atoms with Crippen molar-refractivity contribution >= 4 is 21.8 Å². The molecular formula is C24H26N2. The molecule has 0 aliphatic heterocycles. The van der Waals surface area contributed by atoms with E-state index in [0.717, 1.165) is 12.8 Å². The number of aromatic nitrogens is 2. The Kier molecular flexibility index (Phi) is 3.85. The molecule has 0 saturated heterocycles. The highest BCUT2D eigenvalue weighted by molar-refractivity contribution is 5.81. The molecule has 2 aromatic carbocycles. The lowest BCUT2D eigenvalue weighted by Gasteiger charge is -2.37. The van der Waals surface area contributed by atoms with Crippen LogP contribution in [-0.2, 0) is 12.8 Å². The van der Waals surface area contributed by atoms with Crippen molar-refractivity contribution in [3.05, 3.63) is 72.1 Å². The van der Waals surface area contributed by atoms with E-state index >= 15 is 0 Å². The first kappa shape index (κ1) is 15.7. The highest BCUT2D eigenvalue weighted by atomic mass is 14.7. The Morgan fingerprint density at radius 3 is 1.65 bits per heavy atom. The standard InChI is InChI=1S/C24H26N2/c1-6-12-24(13-7-1,16-20-14-18-8-2-4-10-22(18)25-20)17-21-15-19-9-3-5-11-23(19)26-21/h2-5,8-11,14-15,25-26H,1,6-7,12-13,16-17H2. The van der Waals surface area contributed by atoms with Crippen LogP contribution >= 0.6 is 0 Å². The molecule has 0 bridgehead atoms. The molecule has 5 rings (SSSR count). The van der Waals surface area contributed by atoms with Crippen molar-refractivity contribution in [2.45, 2.75) is 44.9 Å². The van der Waals surface area contributed by atoms with Gasteiger partial charge in [-0.05, 0) is 66.1 Å². The lowest BCUT2D eigenvalue weighted by Crippen LogP contribution is -2.29. The number of rotatable bonds is 4. The van der Waals surface area contributed by atoms with Gasteiger partial charge < -0.3 is 9.97 Å². The van der Waals surface area contributed by atoms with Crippen molar-refractivity contribution in [2.75, 3.05) is 0 Å². The number of nitrogens with one attached hydrogen (secondary N) is 2. The molecule has 1 saturated carbocycles. The fraction of sp³-hybridized carbons (Fsp3) is 0.333. The third-order valence-electron chi connectivity index (χ3n) is 6.22. The quantitative estimate of drug-likeness (QED) is 0.431. The second-order valence-corrected chi connectivity index (χ2v) is 8.18. The zero-order chi connectivity index (χ0) is 17.4. The molecule has 0 unspecified atom stereocenters. The number of aromatic amines is 2. The van der Waals surface area contributed by atoms with Gasteiger partial charge in [0.25, 0.3) is 0 Å². The van der Waals surface area contributed by atoms with E-state index in [-0.39, 0.29) is 0 Å². The fourth-order valence-corrected chi connectivity index (χ4v) is 4.98. The summed E-state index contributed by atoms with van der Waals surface area (Å²) >= 11 is 0. The Morgan fingerprint density at radius 1 is 0.654 bits per heavy atom. The van der Waals surface area contributed by atoms with Crippen LogP contribution in [0.15, 0.2) is 60.7 Å². The molecule has 0 amide bonds. The Morgan fingerprint density at radius 2 is 1.15 bits per heavy atom. The first-order valence-electron chi connectivity index (χ1n) is 9.93. The topological polar surface area (TPSA) is 31.6 Å². The molecule has 2 heterocycles. The third-order valence-corrected chi connectivity index (χ3v) is 6.22. The number of hydrogen-bond donors (Lipinski definition) is 2. The second-order valence-electron chi connectivity index (χ2n) is 8.18. The minimum Gasteiger partial charge on any atom is -0.358 e. The van der Waals surface area contributed by atoms with Crippen LogP contribution in [0.4, 0.5) is 0 Å². The highest BCUT2D eigenvalue weighted by Gasteiger charge is 2.33. The van der Waals surface area contributed by atoms with Gasteiger partial charge in [-0.2, -0.15) is 0 Å². The summed E-state index contributed by atoms with van der Waals surface area (Å²) in [5, 5.41) is 2.66. The van der Waals surface area contributed by atoms with E-state index in [1.807, 2.05) is 0 Å². The summed E-state index contributed by atoms with van der Waals surface area (Å²) in [5.41, 5.74) is 5.69. The molecule has 4 aromatic rings. The summed E-state index contributed by atoms with van der Waals surface area (Å²) < 4.78 is 0. The van der Waals surface area contributed by atoms with Crippen LogP contribution in [0.25, 0.3) is 21.8 Å². The zero-order valence-electron chi connectivity index (χ0n) is 15.2. The van der Waals surface area contributed by atoms with Crippen LogP contribution in [0, 0.1) is 5.41 Å². The molecule has 0 radical (unpaired) electrons. The number of para-hydroxylation sites is 2. The average molecular weight is 342 g/mol. The molecule has 2 aromatic heterocycles. The van der Waals surface area contributed by atoms with Crippen molar-refractivity contribution in [1.29, 1.82) is 0 Å². The largest absolute Gasteiger partial charge is 0.358 e. The Labute approximate surface area is 154 Å². The molecule has 0 spiro atoms. The molecule has 1 aliphatic carbocycles. The Balaban J connectivity index is 1.47. The number of H-pyrrole nitrogens is 2. The van der Waals surface area contributed by atoms with Crippen LogP contribution in [0.2, 0.25) is 0 Å². The predicted molar refractivity (Wildman–Crippen MR) is 110 cm³/mol. The van der Waals surface area contributed by atoms with Crippen molar-refractivity contribution in [3.8, 4) is 0 Å². The molecule has 2 heteroatoms. The maximum absolute atomic E-state index is 3.67. The predicted octanol–water partition coefficient (Wildman–Crippen LogP) is 6.38. The van der Waals surface area contributed by atoms with E-state index in [1.54, 1.807) is 0 Å². The van der Waals surface area contributed by atoms with E-state index in [0.29, 0.717) is 5.41 Å². The van der Waals surface area contributed by atoms with Gasteiger partial charge in [0, 0.05) is 22.4 Å². The summed E-state index contributed by atoms with van der Waals surface area (Å²) in [6.45, 7) is 0. The Bertz CT molecular complexity index is 886. The maximum Gasteiger partial charge on any atom is 0.0456 e. The van der Waals surface area contributed by atoms with Gasteiger partial charge in [-0.1, -0.05) is 55.7 Å². The lowest BCUT2D eigenvalue weighted by atomic mass is 9.68. The van der Waals surface area contributed by atoms with Crippen molar-refractivity contribution in [3.63, 3.8) is 0 Å². The Hall–Kier alpha value is -2.48. The smallest absolute Gasteiger partial charge is 0.0456 e. The second kappa shape index (κ2) is 6.35. The van der Waals surface area contributed by atoms with E-state index in [2.05, 4.69) is 70.6 Å². The SMILES string of the molecule is c1ccc2[nH]c(CC3(Cc4cc5ccccc5[nH]4)CCCCC3)cc2c1. The van der Waals surface area contributed by atoms with E-state index in [9.17, 15) is 0 Å². The van der Waals surface area contributed by atoms with E-state index < -0.39 is 0 Å². The van der Waals surface area contributed by atoms with Gasteiger partial charge in [0.15, 0.2) is 0 Å². The normalized spacial score (nSPS) is 17.1. The van der Waals surface area contributed by atoms with Crippen LogP contribution in [0.1, 0.15) is 43.5 Å². The summed E-state index contributed by atoms with van der Waals surface area (Å²) in [5.74, 6) is 0. The fourth-order valence-electron chi connectivity index (χ4n) is 4.98. The van der Waals surface area contributed by atoms with Crippen LogP contribution in [-0.4, -0.2) is 9.97 Å². The van der Waals surface area contributed by atoms with E-state index in [4.69, 9.17) is 0 Å². The summed E-state index contributed by atoms with van der Waals surface area (Å²) in [6.07, 6.45) is 9.08. The van der Waals surface area contributed by atoms with Gasteiger partial charge in [-0.15, -0.1) is 0 Å². The van der Waals surface area contributed by atoms with Gasteiger partial charge in [-0.3, -0.25) is 0 Å². The summed E-state index contributed by atoms with van der Waals surface area (Å²) in [7, 11) is 0. The minimum absolute atomic E-state index is 0.375. The molecule has 0 atom stereocenters.